The molecule has 0 radical (unpaired) electrons. The summed E-state index contributed by atoms with van der Waals surface area (Å²) in [5, 5.41) is 1.25. The number of halogens is 2. The van der Waals surface area contributed by atoms with Gasteiger partial charge in [-0.3, -0.25) is 4.57 Å². The normalized spacial score (nSPS) is 14.2. The van der Waals surface area contributed by atoms with Crippen molar-refractivity contribution in [1.29, 1.82) is 0 Å². The first-order valence-corrected chi connectivity index (χ1v) is 8.04. The number of pyridine rings is 1. The highest BCUT2D eigenvalue weighted by Crippen LogP contribution is 2.44. The fraction of sp³-hybridized carbons (Fsp3) is 0.250. The average Bonchev–Trinajstić information content (AvgIpc) is 2.38. The topological polar surface area (TPSA) is 68.7 Å². The van der Waals surface area contributed by atoms with Gasteiger partial charge in [0.15, 0.2) is 0 Å². The van der Waals surface area contributed by atoms with Crippen molar-refractivity contribution in [2.24, 2.45) is 0 Å². The van der Waals surface area contributed by atoms with Crippen LogP contribution in [0.3, 0.4) is 0 Å². The molecule has 1 aromatic heterocycles. The highest BCUT2D eigenvalue weighted by molar-refractivity contribution is 7.61. The second-order valence-electron chi connectivity index (χ2n) is 3.91. The summed E-state index contributed by atoms with van der Waals surface area (Å²) in [6.45, 7) is 1.72. The molecular weight excluding hydrogens is 324 g/mol. The van der Waals surface area contributed by atoms with Crippen LogP contribution in [0.2, 0.25) is 10.0 Å². The standard InChI is InChI=1S/C12H12Cl2NO4P/c1-3-19-20(16,17)11-5-7-4-8(13)9(14)6-10(7)15-12(11)18-2/h4-6H,3H2,1-2H3,(H,16,17). The maximum absolute atomic E-state index is 12.1. The van der Waals surface area contributed by atoms with Crippen LogP contribution in [0.4, 0.5) is 0 Å². The van der Waals surface area contributed by atoms with Gasteiger partial charge in [0.1, 0.15) is 5.30 Å². The fourth-order valence-electron chi connectivity index (χ4n) is 1.74. The van der Waals surface area contributed by atoms with Gasteiger partial charge in [0.2, 0.25) is 5.88 Å². The quantitative estimate of drug-likeness (QED) is 0.867. The first kappa shape index (κ1) is 15.5. The molecule has 1 atom stereocenters. The maximum atomic E-state index is 12.1. The minimum absolute atomic E-state index is 0.00672. The van der Waals surface area contributed by atoms with Gasteiger partial charge in [-0.05, 0) is 25.1 Å². The van der Waals surface area contributed by atoms with Crippen LogP contribution in [0.1, 0.15) is 6.92 Å². The number of benzene rings is 1. The Bertz CT molecular complexity index is 707. The van der Waals surface area contributed by atoms with Crippen molar-refractivity contribution >= 4 is 47.0 Å². The summed E-state index contributed by atoms with van der Waals surface area (Å²) in [7, 11) is -2.63. The zero-order chi connectivity index (χ0) is 14.9. The predicted molar refractivity (Wildman–Crippen MR) is 79.4 cm³/mol. The van der Waals surface area contributed by atoms with E-state index in [1.54, 1.807) is 19.1 Å². The third-order valence-electron chi connectivity index (χ3n) is 2.60. The Morgan fingerprint density at radius 2 is 1.95 bits per heavy atom. The zero-order valence-electron chi connectivity index (χ0n) is 10.8. The van der Waals surface area contributed by atoms with Gasteiger partial charge < -0.3 is 14.2 Å². The van der Waals surface area contributed by atoms with Crippen LogP contribution in [0.5, 0.6) is 5.88 Å². The molecule has 0 aliphatic rings. The molecule has 2 rings (SSSR count). The van der Waals surface area contributed by atoms with Crippen molar-refractivity contribution in [3.63, 3.8) is 0 Å². The van der Waals surface area contributed by atoms with Gasteiger partial charge in [-0.2, -0.15) is 0 Å². The predicted octanol–water partition coefficient (Wildman–Crippen LogP) is 3.40. The first-order valence-electron chi connectivity index (χ1n) is 5.70. The van der Waals surface area contributed by atoms with E-state index in [-0.39, 0.29) is 17.8 Å². The lowest BCUT2D eigenvalue weighted by molar-refractivity contribution is 0.282. The van der Waals surface area contributed by atoms with Crippen LogP contribution in [0.15, 0.2) is 18.2 Å². The van der Waals surface area contributed by atoms with Crippen LogP contribution in [-0.4, -0.2) is 23.6 Å². The molecule has 0 fully saturated rings. The SMILES string of the molecule is CCOP(=O)(O)c1cc2cc(Cl)c(Cl)cc2nc1OC. The average molecular weight is 336 g/mol. The number of rotatable bonds is 4. The Labute approximate surface area is 126 Å². The number of nitrogens with zero attached hydrogens (tertiary/aromatic N) is 1. The summed E-state index contributed by atoms with van der Waals surface area (Å²) in [5.74, 6) is 0.0233. The summed E-state index contributed by atoms with van der Waals surface area (Å²) < 4.78 is 22.1. The Morgan fingerprint density at radius 1 is 1.30 bits per heavy atom. The number of aromatic nitrogens is 1. The zero-order valence-corrected chi connectivity index (χ0v) is 13.2. The molecule has 0 spiro atoms. The summed E-state index contributed by atoms with van der Waals surface area (Å²) in [6.07, 6.45) is 0. The third-order valence-corrected chi connectivity index (χ3v) is 4.86. The largest absolute Gasteiger partial charge is 0.480 e. The Hall–Kier alpha value is -0.840. The van der Waals surface area contributed by atoms with Crippen molar-refractivity contribution in [3.05, 3.63) is 28.2 Å². The van der Waals surface area contributed by atoms with Crippen molar-refractivity contribution < 1.29 is 18.7 Å². The molecule has 1 unspecified atom stereocenters. The van der Waals surface area contributed by atoms with Gasteiger partial charge in [0.05, 0.1) is 29.3 Å². The van der Waals surface area contributed by atoms with Gasteiger partial charge in [-0.15, -0.1) is 0 Å². The van der Waals surface area contributed by atoms with Crippen LogP contribution < -0.4 is 10.0 Å². The molecule has 8 heteroatoms. The van der Waals surface area contributed by atoms with E-state index in [2.05, 4.69) is 4.98 Å². The molecule has 1 aromatic carbocycles. The van der Waals surface area contributed by atoms with E-state index in [0.717, 1.165) is 0 Å². The molecule has 0 aliphatic heterocycles. The molecule has 0 saturated heterocycles. The summed E-state index contributed by atoms with van der Waals surface area (Å²) >= 11 is 11.9. The first-order chi connectivity index (χ1) is 9.39. The molecule has 0 aliphatic carbocycles. The highest BCUT2D eigenvalue weighted by Gasteiger charge is 2.28. The Morgan fingerprint density at radius 3 is 2.55 bits per heavy atom. The smallest absolute Gasteiger partial charge is 0.364 e. The van der Waals surface area contributed by atoms with Crippen LogP contribution in [0.25, 0.3) is 10.9 Å². The lowest BCUT2D eigenvalue weighted by atomic mass is 10.2. The molecule has 1 N–H and O–H groups in total. The third kappa shape index (κ3) is 2.92. The van der Waals surface area contributed by atoms with E-state index in [1.165, 1.54) is 13.2 Å². The minimum atomic E-state index is -3.99. The van der Waals surface area contributed by atoms with Gasteiger partial charge >= 0.3 is 7.60 Å². The van der Waals surface area contributed by atoms with E-state index in [4.69, 9.17) is 32.5 Å². The second kappa shape index (κ2) is 5.88. The molecule has 5 nitrogen and oxygen atoms in total. The van der Waals surface area contributed by atoms with E-state index in [1.807, 2.05) is 0 Å². The van der Waals surface area contributed by atoms with Gasteiger partial charge in [-0.25, -0.2) is 4.98 Å². The van der Waals surface area contributed by atoms with E-state index >= 15 is 0 Å². The lowest BCUT2D eigenvalue weighted by Gasteiger charge is -2.14. The molecule has 108 valence electrons. The minimum Gasteiger partial charge on any atom is -0.480 e. The number of methoxy groups -OCH3 is 1. The van der Waals surface area contributed by atoms with Crippen LogP contribution in [0, 0.1) is 0 Å². The van der Waals surface area contributed by atoms with E-state index in [9.17, 15) is 9.46 Å². The molecule has 0 saturated carbocycles. The van der Waals surface area contributed by atoms with Crippen LogP contribution in [-0.2, 0) is 9.09 Å². The number of hydrogen-bond acceptors (Lipinski definition) is 4. The van der Waals surface area contributed by atoms with E-state index in [0.29, 0.717) is 20.9 Å². The lowest BCUT2D eigenvalue weighted by Crippen LogP contribution is -2.12. The Kier molecular flexibility index (Phi) is 4.57. The number of ether oxygens (including phenoxy) is 1. The molecule has 0 bridgehead atoms. The Balaban J connectivity index is 2.71. The highest BCUT2D eigenvalue weighted by atomic mass is 35.5. The van der Waals surface area contributed by atoms with Crippen LogP contribution >= 0.6 is 30.8 Å². The monoisotopic (exact) mass is 335 g/mol. The van der Waals surface area contributed by atoms with Crippen molar-refractivity contribution in [2.75, 3.05) is 13.7 Å². The van der Waals surface area contributed by atoms with Crippen molar-refractivity contribution in [3.8, 4) is 5.88 Å². The number of fused-ring (bicyclic) bond motifs is 1. The van der Waals surface area contributed by atoms with Gasteiger partial charge in [0.25, 0.3) is 0 Å². The summed E-state index contributed by atoms with van der Waals surface area (Å²) in [4.78, 5) is 14.1. The van der Waals surface area contributed by atoms with E-state index < -0.39 is 7.60 Å². The molecule has 0 amide bonds. The number of hydrogen-bond donors (Lipinski definition) is 1. The van der Waals surface area contributed by atoms with Crippen molar-refractivity contribution in [2.45, 2.75) is 6.92 Å². The second-order valence-corrected chi connectivity index (χ2v) is 6.51. The van der Waals surface area contributed by atoms with Crippen molar-refractivity contribution in [1.82, 2.24) is 4.98 Å². The fourth-order valence-corrected chi connectivity index (χ4v) is 3.24. The molecule has 2 aromatic rings. The van der Waals surface area contributed by atoms with Gasteiger partial charge in [-0.1, -0.05) is 23.2 Å². The summed E-state index contributed by atoms with van der Waals surface area (Å²) in [5.41, 5.74) is 0.511. The molecule has 1 heterocycles. The molecular formula is C12H12Cl2NO4P. The molecule has 20 heavy (non-hydrogen) atoms. The maximum Gasteiger partial charge on any atom is 0.364 e. The summed E-state index contributed by atoms with van der Waals surface area (Å²) in [6, 6.07) is 4.61. The van der Waals surface area contributed by atoms with Gasteiger partial charge in [0, 0.05) is 5.39 Å².